The number of carbonyl (C=O) groups is 2. The Morgan fingerprint density at radius 2 is 1.61 bits per heavy atom. The van der Waals surface area contributed by atoms with Gasteiger partial charge in [-0.05, 0) is 68.0 Å². The molecule has 2 aromatic carbocycles. The molecule has 0 saturated heterocycles. The highest BCUT2D eigenvalue weighted by Crippen LogP contribution is 2.26. The Morgan fingerprint density at radius 1 is 1.00 bits per heavy atom. The Balaban J connectivity index is 2.48. The van der Waals surface area contributed by atoms with Gasteiger partial charge >= 0.3 is 0 Å². The molecule has 8 nitrogen and oxygen atoms in total. The van der Waals surface area contributed by atoms with Crippen LogP contribution in [0.15, 0.2) is 48.5 Å². The molecule has 210 valence electrons. The van der Waals surface area contributed by atoms with Crippen molar-refractivity contribution in [3.63, 3.8) is 0 Å². The number of nitrogens with zero attached hydrogens (tertiary/aromatic N) is 2. The second-order valence-electron chi connectivity index (χ2n) is 11.6. The molecule has 0 unspecified atom stereocenters. The number of benzene rings is 2. The summed E-state index contributed by atoms with van der Waals surface area (Å²) in [5.74, 6) is -0.149. The molecular weight excluding hydrogens is 502 g/mol. The molecule has 0 aliphatic carbocycles. The number of hydrogen-bond acceptors (Lipinski definition) is 5. The number of carbonyl (C=O) groups excluding carboxylic acids is 2. The molecule has 0 fully saturated rings. The molecule has 0 aliphatic heterocycles. The Bertz CT molecular complexity index is 1210. The van der Waals surface area contributed by atoms with E-state index in [2.05, 4.69) is 26.1 Å². The first-order valence-corrected chi connectivity index (χ1v) is 14.6. The number of anilines is 1. The van der Waals surface area contributed by atoms with Crippen LogP contribution in [0.2, 0.25) is 0 Å². The van der Waals surface area contributed by atoms with E-state index in [-0.39, 0.29) is 17.9 Å². The van der Waals surface area contributed by atoms with Gasteiger partial charge in [-0.25, -0.2) is 8.42 Å². The third-order valence-electron chi connectivity index (χ3n) is 6.07. The van der Waals surface area contributed by atoms with Crippen molar-refractivity contribution in [2.45, 2.75) is 78.4 Å². The van der Waals surface area contributed by atoms with Gasteiger partial charge in [-0.2, -0.15) is 0 Å². The highest BCUT2D eigenvalue weighted by molar-refractivity contribution is 7.92. The monoisotopic (exact) mass is 545 g/mol. The average molecular weight is 546 g/mol. The molecule has 9 heteroatoms. The maximum absolute atomic E-state index is 13.8. The average Bonchev–Trinajstić information content (AvgIpc) is 2.80. The first-order valence-electron chi connectivity index (χ1n) is 12.8. The lowest BCUT2D eigenvalue weighted by molar-refractivity contribution is -0.141. The summed E-state index contributed by atoms with van der Waals surface area (Å²) in [6.07, 6.45) is 1.44. The quantitative estimate of drug-likeness (QED) is 0.475. The number of amides is 2. The highest BCUT2D eigenvalue weighted by Gasteiger charge is 2.33. The minimum absolute atomic E-state index is 0.105. The normalized spacial score (nSPS) is 13.0. The van der Waals surface area contributed by atoms with Crippen molar-refractivity contribution in [3.05, 3.63) is 59.7 Å². The third-order valence-corrected chi connectivity index (χ3v) is 7.21. The van der Waals surface area contributed by atoms with Crippen LogP contribution in [0.4, 0.5) is 5.69 Å². The van der Waals surface area contributed by atoms with Crippen molar-refractivity contribution < 1.29 is 22.7 Å². The van der Waals surface area contributed by atoms with Crippen molar-refractivity contribution in [2.75, 3.05) is 24.2 Å². The van der Waals surface area contributed by atoms with Crippen LogP contribution in [0.1, 0.15) is 66.0 Å². The molecule has 0 aliphatic rings. The molecule has 1 N–H and O–H groups in total. The van der Waals surface area contributed by atoms with E-state index in [0.717, 1.165) is 21.7 Å². The number of rotatable bonds is 10. The number of methoxy groups -OCH3 is 1. The maximum Gasteiger partial charge on any atom is 0.244 e. The second-order valence-corrected chi connectivity index (χ2v) is 13.5. The van der Waals surface area contributed by atoms with Crippen LogP contribution in [-0.4, -0.2) is 56.6 Å². The molecular formula is C29H43N3O5S. The van der Waals surface area contributed by atoms with Gasteiger partial charge in [0.15, 0.2) is 0 Å². The van der Waals surface area contributed by atoms with Crippen LogP contribution in [0.3, 0.4) is 0 Å². The van der Waals surface area contributed by atoms with Crippen LogP contribution in [0.25, 0.3) is 0 Å². The number of ether oxygens (including phenoxy) is 1. The second kappa shape index (κ2) is 12.2. The van der Waals surface area contributed by atoms with Crippen molar-refractivity contribution >= 4 is 27.5 Å². The predicted molar refractivity (Wildman–Crippen MR) is 153 cm³/mol. The minimum Gasteiger partial charge on any atom is -0.497 e. The van der Waals surface area contributed by atoms with Crippen LogP contribution >= 0.6 is 0 Å². The molecule has 0 radical (unpaired) electrons. The van der Waals surface area contributed by atoms with E-state index in [1.54, 1.807) is 31.4 Å². The van der Waals surface area contributed by atoms with Gasteiger partial charge in [-0.3, -0.25) is 13.9 Å². The molecule has 0 spiro atoms. The van der Waals surface area contributed by atoms with Crippen molar-refractivity contribution in [1.82, 2.24) is 10.2 Å². The van der Waals surface area contributed by atoms with E-state index in [4.69, 9.17) is 4.74 Å². The topological polar surface area (TPSA) is 96.0 Å². The lowest BCUT2D eigenvalue weighted by atomic mass is 9.87. The minimum atomic E-state index is -3.79. The lowest BCUT2D eigenvalue weighted by Gasteiger charge is -2.34. The third kappa shape index (κ3) is 8.75. The summed E-state index contributed by atoms with van der Waals surface area (Å²) in [7, 11) is -2.24. The summed E-state index contributed by atoms with van der Waals surface area (Å²) in [5, 5.41) is 2.96. The molecule has 1 atom stereocenters. The summed E-state index contributed by atoms with van der Waals surface area (Å²) in [4.78, 5) is 28.6. The standard InChI is InChI=1S/C29H43N3O5S/c1-10-25(27(34)30-29(5,6)7)31(19-21-12-11-13-24(18-21)37-8)26(33)20-32(38(9,35)36)23-16-14-22(15-17-23)28(2,3)4/h11-18,25H,10,19-20H2,1-9H3,(H,30,34)/t25-/m1/s1. The fraction of sp³-hybridized carbons (Fsp3) is 0.517. The van der Waals surface area contributed by atoms with E-state index in [9.17, 15) is 18.0 Å². The zero-order valence-electron chi connectivity index (χ0n) is 24.2. The summed E-state index contributed by atoms with van der Waals surface area (Å²) < 4.78 is 32.1. The van der Waals surface area contributed by atoms with Crippen molar-refractivity contribution in [3.8, 4) is 5.75 Å². The largest absolute Gasteiger partial charge is 0.497 e. The van der Waals surface area contributed by atoms with E-state index in [0.29, 0.717) is 17.9 Å². The molecule has 0 bridgehead atoms. The predicted octanol–water partition coefficient (Wildman–Crippen LogP) is 4.48. The van der Waals surface area contributed by atoms with Crippen LogP contribution < -0.4 is 14.4 Å². The maximum atomic E-state index is 13.8. The molecule has 0 heterocycles. The zero-order valence-corrected chi connectivity index (χ0v) is 25.0. The zero-order chi connectivity index (χ0) is 28.9. The molecule has 0 saturated carbocycles. The summed E-state index contributed by atoms with van der Waals surface area (Å²) in [6.45, 7) is 13.4. The Kier molecular flexibility index (Phi) is 10.00. The first-order chi connectivity index (χ1) is 17.5. The van der Waals surface area contributed by atoms with Gasteiger partial charge in [0.2, 0.25) is 21.8 Å². The Labute approximate surface area is 228 Å². The highest BCUT2D eigenvalue weighted by atomic mass is 32.2. The Morgan fingerprint density at radius 3 is 2.08 bits per heavy atom. The Hall–Kier alpha value is -3.07. The van der Waals surface area contributed by atoms with Crippen LogP contribution in [-0.2, 0) is 31.6 Å². The number of hydrogen-bond donors (Lipinski definition) is 1. The van der Waals surface area contributed by atoms with Crippen molar-refractivity contribution in [1.29, 1.82) is 0 Å². The van der Waals surface area contributed by atoms with Crippen LogP contribution in [0, 0.1) is 0 Å². The SMILES string of the molecule is CC[C@H](C(=O)NC(C)(C)C)N(Cc1cccc(OC)c1)C(=O)CN(c1ccc(C(C)(C)C)cc1)S(C)(=O)=O. The van der Waals surface area contributed by atoms with Crippen molar-refractivity contribution in [2.24, 2.45) is 0 Å². The van der Waals surface area contributed by atoms with E-state index < -0.39 is 34.1 Å². The van der Waals surface area contributed by atoms with Gasteiger partial charge < -0.3 is 15.0 Å². The molecule has 2 amide bonds. The van der Waals surface area contributed by atoms with Gasteiger partial charge in [0.05, 0.1) is 19.1 Å². The van der Waals surface area contributed by atoms with Gasteiger partial charge in [-0.15, -0.1) is 0 Å². The fourth-order valence-electron chi connectivity index (χ4n) is 4.08. The summed E-state index contributed by atoms with van der Waals surface area (Å²) in [5.41, 5.74) is 1.60. The fourth-order valence-corrected chi connectivity index (χ4v) is 4.93. The summed E-state index contributed by atoms with van der Waals surface area (Å²) in [6, 6.07) is 13.6. The molecule has 2 rings (SSSR count). The number of nitrogens with one attached hydrogen (secondary N) is 1. The molecule has 38 heavy (non-hydrogen) atoms. The smallest absolute Gasteiger partial charge is 0.244 e. The van der Waals surface area contributed by atoms with Gasteiger partial charge in [0, 0.05) is 12.1 Å². The van der Waals surface area contributed by atoms with Crippen LogP contribution in [0.5, 0.6) is 5.75 Å². The lowest BCUT2D eigenvalue weighted by Crippen LogP contribution is -2.55. The van der Waals surface area contributed by atoms with Gasteiger partial charge in [0.1, 0.15) is 18.3 Å². The number of sulfonamides is 1. The molecule has 2 aromatic rings. The van der Waals surface area contributed by atoms with E-state index in [1.165, 1.54) is 4.90 Å². The van der Waals surface area contributed by atoms with E-state index >= 15 is 0 Å². The first kappa shape index (κ1) is 31.1. The van der Waals surface area contributed by atoms with E-state index in [1.807, 2.05) is 52.0 Å². The molecule has 0 aromatic heterocycles. The summed E-state index contributed by atoms with van der Waals surface area (Å²) >= 11 is 0. The van der Waals surface area contributed by atoms with Gasteiger partial charge in [0.25, 0.3) is 0 Å². The van der Waals surface area contributed by atoms with Gasteiger partial charge in [-0.1, -0.05) is 52.0 Å².